The third-order valence-electron chi connectivity index (χ3n) is 3.68. The summed E-state index contributed by atoms with van der Waals surface area (Å²) in [5.41, 5.74) is 4.29. The van der Waals surface area contributed by atoms with Crippen molar-refractivity contribution in [3.63, 3.8) is 0 Å². The van der Waals surface area contributed by atoms with Crippen molar-refractivity contribution >= 4 is 16.6 Å². The number of ether oxygens (including phenoxy) is 1. The van der Waals surface area contributed by atoms with Crippen LogP contribution in [-0.2, 0) is 6.54 Å². The molecule has 1 heterocycles. The quantitative estimate of drug-likeness (QED) is 0.752. The van der Waals surface area contributed by atoms with Gasteiger partial charge in [0.15, 0.2) is 0 Å². The van der Waals surface area contributed by atoms with Crippen molar-refractivity contribution < 1.29 is 14.9 Å². The largest absolute Gasteiger partial charge is 0.489 e. The van der Waals surface area contributed by atoms with Crippen molar-refractivity contribution in [2.24, 2.45) is 0 Å². The summed E-state index contributed by atoms with van der Waals surface area (Å²) in [4.78, 5) is 0. The third-order valence-corrected chi connectivity index (χ3v) is 3.68. The number of aryl methyl sites for hydroxylation is 1. The van der Waals surface area contributed by atoms with E-state index in [9.17, 15) is 5.11 Å². The van der Waals surface area contributed by atoms with Gasteiger partial charge in [-0.15, -0.1) is 0 Å². The molecule has 110 valence electrons. The second kappa shape index (κ2) is 6.15. The molecule has 0 saturated carbocycles. The number of aliphatic hydroxyl groups excluding tert-OH is 2. The fourth-order valence-corrected chi connectivity index (χ4v) is 2.63. The molecule has 0 saturated heterocycles. The second-order valence-corrected chi connectivity index (χ2v) is 4.74. The van der Waals surface area contributed by atoms with Crippen molar-refractivity contribution in [3.05, 3.63) is 23.4 Å². The highest BCUT2D eigenvalue weighted by Gasteiger charge is 2.17. The molecule has 2 rings (SSSR count). The maximum atomic E-state index is 9.29. The van der Waals surface area contributed by atoms with Gasteiger partial charge in [-0.05, 0) is 31.5 Å². The van der Waals surface area contributed by atoms with Crippen molar-refractivity contribution in [2.45, 2.75) is 20.4 Å². The van der Waals surface area contributed by atoms with E-state index in [4.69, 9.17) is 9.84 Å². The lowest BCUT2D eigenvalue weighted by atomic mass is 10.1. The topological polar surface area (TPSA) is 66.6 Å². The molecule has 0 atom stereocenters. The van der Waals surface area contributed by atoms with Crippen LogP contribution in [0.15, 0.2) is 12.1 Å². The second-order valence-electron chi connectivity index (χ2n) is 4.74. The van der Waals surface area contributed by atoms with E-state index in [1.54, 1.807) is 0 Å². The molecule has 0 aliphatic rings. The molecule has 0 bridgehead atoms. The number of aliphatic hydroxyl groups is 2. The van der Waals surface area contributed by atoms with Crippen molar-refractivity contribution in [3.8, 4) is 5.75 Å². The number of nitrogens with zero attached hydrogens (tertiary/aromatic N) is 1. The van der Waals surface area contributed by atoms with E-state index in [-0.39, 0.29) is 19.8 Å². The van der Waals surface area contributed by atoms with Crippen molar-refractivity contribution in [2.75, 3.05) is 32.2 Å². The van der Waals surface area contributed by atoms with Crippen LogP contribution in [0.2, 0.25) is 0 Å². The summed E-state index contributed by atoms with van der Waals surface area (Å²) in [6.07, 6.45) is 0. The zero-order valence-electron chi connectivity index (χ0n) is 12.2. The Morgan fingerprint density at radius 1 is 1.20 bits per heavy atom. The van der Waals surface area contributed by atoms with Gasteiger partial charge in [0.25, 0.3) is 0 Å². The van der Waals surface area contributed by atoms with Gasteiger partial charge in [-0.1, -0.05) is 0 Å². The number of nitrogens with one attached hydrogen (secondary N) is 1. The minimum Gasteiger partial charge on any atom is -0.489 e. The summed E-state index contributed by atoms with van der Waals surface area (Å²) >= 11 is 0. The molecule has 0 fully saturated rings. The molecule has 0 aliphatic heterocycles. The average Bonchev–Trinajstić information content (AvgIpc) is 2.71. The van der Waals surface area contributed by atoms with Gasteiger partial charge in [-0.25, -0.2) is 0 Å². The van der Waals surface area contributed by atoms with E-state index in [0.717, 1.165) is 28.0 Å². The summed E-state index contributed by atoms with van der Waals surface area (Å²) in [6.45, 7) is 4.96. The lowest BCUT2D eigenvalue weighted by Gasteiger charge is -2.13. The zero-order valence-corrected chi connectivity index (χ0v) is 12.2. The summed E-state index contributed by atoms with van der Waals surface area (Å²) in [6, 6.07) is 3.88. The zero-order chi connectivity index (χ0) is 14.7. The highest BCUT2D eigenvalue weighted by atomic mass is 16.5. The van der Waals surface area contributed by atoms with Gasteiger partial charge in [0, 0.05) is 30.4 Å². The SMILES string of the molecule is CNc1ccc(OCCO)c2c1c(C)c(C)n2CCO. The monoisotopic (exact) mass is 278 g/mol. The number of aromatic nitrogens is 1. The van der Waals surface area contributed by atoms with Gasteiger partial charge in [0.05, 0.1) is 18.7 Å². The van der Waals surface area contributed by atoms with E-state index in [1.807, 2.05) is 26.1 Å². The Hall–Kier alpha value is -1.72. The van der Waals surface area contributed by atoms with Gasteiger partial charge in [-0.3, -0.25) is 0 Å². The van der Waals surface area contributed by atoms with Crippen LogP contribution in [-0.4, -0.2) is 41.6 Å². The Morgan fingerprint density at radius 2 is 1.95 bits per heavy atom. The average molecular weight is 278 g/mol. The Balaban J connectivity index is 2.72. The first-order valence-corrected chi connectivity index (χ1v) is 6.80. The first kappa shape index (κ1) is 14.7. The lowest BCUT2D eigenvalue weighted by Crippen LogP contribution is -2.07. The molecule has 0 radical (unpaired) electrons. The van der Waals surface area contributed by atoms with E-state index < -0.39 is 0 Å². The molecule has 0 unspecified atom stereocenters. The van der Waals surface area contributed by atoms with Crippen LogP contribution in [0.3, 0.4) is 0 Å². The summed E-state index contributed by atoms with van der Waals surface area (Å²) in [5.74, 6) is 0.734. The van der Waals surface area contributed by atoms with Crippen LogP contribution in [0.1, 0.15) is 11.3 Å². The standard InChI is InChI=1S/C15H22N2O3/c1-10-11(2)17(6-7-18)15-13(20-9-8-19)5-4-12(16-3)14(10)15/h4-5,16,18-19H,6-9H2,1-3H3. The predicted molar refractivity (Wildman–Crippen MR) is 80.6 cm³/mol. The molecule has 0 amide bonds. The van der Waals surface area contributed by atoms with Gasteiger partial charge < -0.3 is 24.8 Å². The van der Waals surface area contributed by atoms with E-state index in [2.05, 4.69) is 16.8 Å². The van der Waals surface area contributed by atoms with E-state index >= 15 is 0 Å². The van der Waals surface area contributed by atoms with Crippen LogP contribution < -0.4 is 10.1 Å². The van der Waals surface area contributed by atoms with Gasteiger partial charge in [0.2, 0.25) is 0 Å². The smallest absolute Gasteiger partial charge is 0.143 e. The maximum absolute atomic E-state index is 9.29. The number of rotatable bonds is 6. The van der Waals surface area contributed by atoms with Crippen LogP contribution in [0.4, 0.5) is 5.69 Å². The van der Waals surface area contributed by atoms with Crippen LogP contribution >= 0.6 is 0 Å². The molecule has 0 aliphatic carbocycles. The van der Waals surface area contributed by atoms with Crippen LogP contribution in [0, 0.1) is 13.8 Å². The number of benzene rings is 1. The molecular formula is C15H22N2O3. The first-order chi connectivity index (χ1) is 9.65. The maximum Gasteiger partial charge on any atom is 0.143 e. The minimum atomic E-state index is -0.0199. The predicted octanol–water partition coefficient (Wildman–Crippen LogP) is 1.66. The highest BCUT2D eigenvalue weighted by molar-refractivity contribution is 5.99. The Morgan fingerprint density at radius 3 is 2.55 bits per heavy atom. The molecule has 5 heteroatoms. The van der Waals surface area contributed by atoms with Gasteiger partial charge in [-0.2, -0.15) is 0 Å². The Labute approximate surface area is 118 Å². The molecule has 1 aromatic carbocycles. The molecular weight excluding hydrogens is 256 g/mol. The molecule has 0 spiro atoms. The molecule has 3 N–H and O–H groups in total. The van der Waals surface area contributed by atoms with E-state index in [0.29, 0.717) is 6.54 Å². The molecule has 1 aromatic heterocycles. The fraction of sp³-hybridized carbons (Fsp3) is 0.467. The number of hydrogen-bond donors (Lipinski definition) is 3. The van der Waals surface area contributed by atoms with Crippen LogP contribution in [0.25, 0.3) is 10.9 Å². The lowest BCUT2D eigenvalue weighted by molar-refractivity contribution is 0.202. The fourth-order valence-electron chi connectivity index (χ4n) is 2.63. The van der Waals surface area contributed by atoms with E-state index in [1.165, 1.54) is 5.56 Å². The summed E-state index contributed by atoms with van der Waals surface area (Å²) in [5, 5.41) is 22.5. The van der Waals surface area contributed by atoms with Crippen molar-refractivity contribution in [1.29, 1.82) is 0 Å². The number of anilines is 1. The minimum absolute atomic E-state index is 0.0199. The number of hydrogen-bond acceptors (Lipinski definition) is 4. The third kappa shape index (κ3) is 2.34. The highest BCUT2D eigenvalue weighted by Crippen LogP contribution is 2.37. The summed E-state index contributed by atoms with van der Waals surface area (Å²) < 4.78 is 7.71. The molecule has 5 nitrogen and oxygen atoms in total. The Kier molecular flexibility index (Phi) is 4.52. The van der Waals surface area contributed by atoms with Gasteiger partial charge in [0.1, 0.15) is 12.4 Å². The first-order valence-electron chi connectivity index (χ1n) is 6.80. The molecule has 2 aromatic rings. The number of fused-ring (bicyclic) bond motifs is 1. The van der Waals surface area contributed by atoms with Crippen molar-refractivity contribution in [1.82, 2.24) is 4.57 Å². The normalized spacial score (nSPS) is 11.1. The van der Waals surface area contributed by atoms with Gasteiger partial charge >= 0.3 is 0 Å². The Bertz CT molecular complexity index is 605. The van der Waals surface area contributed by atoms with Crippen LogP contribution in [0.5, 0.6) is 5.75 Å². The molecule has 20 heavy (non-hydrogen) atoms. The summed E-state index contributed by atoms with van der Waals surface area (Å²) in [7, 11) is 1.89.